The Balaban J connectivity index is 2.58. The van der Waals surface area contributed by atoms with E-state index < -0.39 is 17.9 Å². The number of hydrogen-bond donors (Lipinski definition) is 1. The van der Waals surface area contributed by atoms with Gasteiger partial charge in [0.15, 0.2) is 5.69 Å². The third kappa shape index (κ3) is 2.13. The van der Waals surface area contributed by atoms with Crippen molar-refractivity contribution >= 4 is 6.03 Å². The molecular weight excluding hydrogens is 235 g/mol. The standard InChI is InChI=1S/C10H12F3N3O/c11-10(12,13)8-6-4-2-1-3-5-7(6)16(15-8)9(14)17/h1-5H2,(H2,14,17). The molecule has 0 aliphatic heterocycles. The van der Waals surface area contributed by atoms with Crippen LogP contribution in [0.5, 0.6) is 0 Å². The minimum Gasteiger partial charge on any atom is -0.350 e. The second-order valence-electron chi connectivity index (χ2n) is 4.08. The monoisotopic (exact) mass is 247 g/mol. The second-order valence-corrected chi connectivity index (χ2v) is 4.08. The molecule has 0 atom stereocenters. The minimum atomic E-state index is -4.53. The van der Waals surface area contributed by atoms with Crippen molar-refractivity contribution in [2.75, 3.05) is 0 Å². The van der Waals surface area contributed by atoms with Crippen LogP contribution in [0.15, 0.2) is 0 Å². The van der Waals surface area contributed by atoms with Gasteiger partial charge in [-0.1, -0.05) is 6.42 Å². The fourth-order valence-corrected chi connectivity index (χ4v) is 2.19. The molecule has 0 bridgehead atoms. The summed E-state index contributed by atoms with van der Waals surface area (Å²) in [5, 5.41) is 3.32. The normalized spacial score (nSPS) is 16.4. The maximum Gasteiger partial charge on any atom is 0.435 e. The van der Waals surface area contributed by atoms with Crippen LogP contribution in [0.2, 0.25) is 0 Å². The minimum absolute atomic E-state index is 0.133. The molecule has 1 aliphatic rings. The van der Waals surface area contributed by atoms with Crippen molar-refractivity contribution in [3.8, 4) is 0 Å². The molecule has 0 unspecified atom stereocenters. The maximum absolute atomic E-state index is 12.8. The van der Waals surface area contributed by atoms with Crippen LogP contribution in [0.4, 0.5) is 18.0 Å². The molecule has 1 amide bonds. The van der Waals surface area contributed by atoms with Gasteiger partial charge in [0.25, 0.3) is 0 Å². The fraction of sp³-hybridized carbons (Fsp3) is 0.600. The Morgan fingerprint density at radius 3 is 2.47 bits per heavy atom. The molecule has 17 heavy (non-hydrogen) atoms. The van der Waals surface area contributed by atoms with Gasteiger partial charge >= 0.3 is 12.2 Å². The number of rotatable bonds is 0. The van der Waals surface area contributed by atoms with E-state index in [-0.39, 0.29) is 5.56 Å². The quantitative estimate of drug-likeness (QED) is 0.713. The number of carbonyl (C=O) groups excluding carboxylic acids is 1. The Labute approximate surface area is 95.6 Å². The first-order valence-electron chi connectivity index (χ1n) is 5.39. The molecular formula is C10H12F3N3O. The van der Waals surface area contributed by atoms with Gasteiger partial charge in [-0.2, -0.15) is 23.0 Å². The second kappa shape index (κ2) is 4.05. The smallest absolute Gasteiger partial charge is 0.350 e. The molecule has 0 saturated carbocycles. The van der Waals surface area contributed by atoms with E-state index in [1.165, 1.54) is 0 Å². The van der Waals surface area contributed by atoms with Crippen molar-refractivity contribution in [2.45, 2.75) is 38.3 Å². The number of alkyl halides is 3. The SMILES string of the molecule is NC(=O)n1nc(C(F)(F)F)c2c1CCCCC2. The highest BCUT2D eigenvalue weighted by molar-refractivity contribution is 5.75. The summed E-state index contributed by atoms with van der Waals surface area (Å²) < 4.78 is 39.0. The Morgan fingerprint density at radius 1 is 1.24 bits per heavy atom. The largest absolute Gasteiger partial charge is 0.435 e. The summed E-state index contributed by atoms with van der Waals surface area (Å²) in [6.07, 6.45) is -1.53. The van der Waals surface area contributed by atoms with Crippen LogP contribution in [-0.4, -0.2) is 15.8 Å². The van der Waals surface area contributed by atoms with Crippen LogP contribution in [0.3, 0.4) is 0 Å². The number of primary amides is 1. The zero-order valence-corrected chi connectivity index (χ0v) is 9.05. The predicted molar refractivity (Wildman–Crippen MR) is 53.5 cm³/mol. The average molecular weight is 247 g/mol. The molecule has 0 aromatic carbocycles. The first-order valence-corrected chi connectivity index (χ1v) is 5.39. The zero-order chi connectivity index (χ0) is 12.6. The van der Waals surface area contributed by atoms with Crippen molar-refractivity contribution in [3.63, 3.8) is 0 Å². The third-order valence-corrected chi connectivity index (χ3v) is 2.91. The topological polar surface area (TPSA) is 60.9 Å². The summed E-state index contributed by atoms with van der Waals surface area (Å²) in [5.74, 6) is 0. The number of halogens is 3. The van der Waals surface area contributed by atoms with Crippen LogP contribution in [0.25, 0.3) is 0 Å². The molecule has 0 radical (unpaired) electrons. The summed E-state index contributed by atoms with van der Waals surface area (Å²) in [6, 6.07) is -0.960. The third-order valence-electron chi connectivity index (χ3n) is 2.91. The molecule has 0 spiro atoms. The lowest BCUT2D eigenvalue weighted by molar-refractivity contribution is -0.141. The maximum atomic E-state index is 12.8. The number of nitrogens with two attached hydrogens (primary N) is 1. The van der Waals surface area contributed by atoms with E-state index in [4.69, 9.17) is 5.73 Å². The predicted octanol–water partition coefficient (Wildman–Crippen LogP) is 2.10. The molecule has 7 heteroatoms. The van der Waals surface area contributed by atoms with E-state index in [9.17, 15) is 18.0 Å². The molecule has 4 nitrogen and oxygen atoms in total. The van der Waals surface area contributed by atoms with Crippen LogP contribution in [-0.2, 0) is 19.0 Å². The van der Waals surface area contributed by atoms with Gasteiger partial charge in [-0.25, -0.2) is 4.79 Å². The van der Waals surface area contributed by atoms with Crippen molar-refractivity contribution in [1.29, 1.82) is 0 Å². The van der Waals surface area contributed by atoms with Crippen molar-refractivity contribution in [3.05, 3.63) is 17.0 Å². The molecule has 0 saturated heterocycles. The number of hydrogen-bond acceptors (Lipinski definition) is 2. The van der Waals surface area contributed by atoms with Crippen molar-refractivity contribution < 1.29 is 18.0 Å². The van der Waals surface area contributed by atoms with E-state index in [2.05, 4.69) is 5.10 Å². The van der Waals surface area contributed by atoms with Crippen LogP contribution < -0.4 is 5.73 Å². The molecule has 1 aliphatic carbocycles. The highest BCUT2D eigenvalue weighted by atomic mass is 19.4. The number of fused-ring (bicyclic) bond motifs is 1. The molecule has 94 valence electrons. The van der Waals surface area contributed by atoms with Gasteiger partial charge in [0.05, 0.1) is 5.69 Å². The molecule has 1 aromatic heterocycles. The van der Waals surface area contributed by atoms with Gasteiger partial charge in [-0.05, 0) is 25.7 Å². The van der Waals surface area contributed by atoms with E-state index in [0.717, 1.165) is 12.8 Å². The van der Waals surface area contributed by atoms with Gasteiger partial charge in [-0.15, -0.1) is 0 Å². The fourth-order valence-electron chi connectivity index (χ4n) is 2.19. The zero-order valence-electron chi connectivity index (χ0n) is 9.05. The van der Waals surface area contributed by atoms with E-state index in [1.807, 2.05) is 0 Å². The molecule has 2 N–H and O–H groups in total. The highest BCUT2D eigenvalue weighted by Gasteiger charge is 2.39. The van der Waals surface area contributed by atoms with E-state index >= 15 is 0 Å². The lowest BCUT2D eigenvalue weighted by Gasteiger charge is -2.05. The van der Waals surface area contributed by atoms with Crippen LogP contribution in [0.1, 0.15) is 36.2 Å². The number of amides is 1. The van der Waals surface area contributed by atoms with Crippen molar-refractivity contribution in [1.82, 2.24) is 9.78 Å². The summed E-state index contributed by atoms with van der Waals surface area (Å²) >= 11 is 0. The Morgan fingerprint density at radius 2 is 1.88 bits per heavy atom. The summed E-state index contributed by atoms with van der Waals surface area (Å²) in [4.78, 5) is 11.1. The van der Waals surface area contributed by atoms with E-state index in [0.29, 0.717) is 29.6 Å². The van der Waals surface area contributed by atoms with Crippen LogP contribution >= 0.6 is 0 Å². The van der Waals surface area contributed by atoms with Crippen LogP contribution in [0, 0.1) is 0 Å². The van der Waals surface area contributed by atoms with Gasteiger partial charge in [0.2, 0.25) is 0 Å². The number of carbonyl (C=O) groups is 1. The molecule has 2 rings (SSSR count). The van der Waals surface area contributed by atoms with Gasteiger partial charge in [0, 0.05) is 5.56 Å². The number of nitrogens with zero attached hydrogens (tertiary/aromatic N) is 2. The lowest BCUT2D eigenvalue weighted by atomic mass is 10.1. The first kappa shape index (κ1) is 11.9. The lowest BCUT2D eigenvalue weighted by Crippen LogP contribution is -2.23. The Hall–Kier alpha value is -1.53. The summed E-state index contributed by atoms with van der Waals surface area (Å²) in [7, 11) is 0. The van der Waals surface area contributed by atoms with Gasteiger partial charge < -0.3 is 5.73 Å². The molecule has 1 aromatic rings. The highest BCUT2D eigenvalue weighted by Crippen LogP contribution is 2.35. The Bertz CT molecular complexity index is 450. The summed E-state index contributed by atoms with van der Waals surface area (Å²) in [6.45, 7) is 0. The van der Waals surface area contributed by atoms with Gasteiger partial charge in [-0.3, -0.25) is 0 Å². The first-order chi connectivity index (χ1) is 7.91. The average Bonchev–Trinajstić information content (AvgIpc) is 2.42. The summed E-state index contributed by atoms with van der Waals surface area (Å²) in [5.41, 5.74) is 4.53. The van der Waals surface area contributed by atoms with Crippen molar-refractivity contribution in [2.24, 2.45) is 5.73 Å². The van der Waals surface area contributed by atoms with Gasteiger partial charge in [0.1, 0.15) is 0 Å². The van der Waals surface area contributed by atoms with E-state index in [1.54, 1.807) is 0 Å². The molecule has 1 heterocycles. The molecule has 0 fully saturated rings. The number of aromatic nitrogens is 2. The Kier molecular flexibility index (Phi) is 2.84.